The summed E-state index contributed by atoms with van der Waals surface area (Å²) in [5.74, 6) is 6.83. The molecule has 0 saturated heterocycles. The molecule has 1 aromatic heterocycles. The van der Waals surface area contributed by atoms with Crippen molar-refractivity contribution in [2.75, 3.05) is 13.2 Å². The van der Waals surface area contributed by atoms with Gasteiger partial charge in [-0.3, -0.25) is 4.98 Å². The molecule has 0 bridgehead atoms. The summed E-state index contributed by atoms with van der Waals surface area (Å²) in [4.78, 5) is 4.05. The van der Waals surface area contributed by atoms with Crippen molar-refractivity contribution in [3.8, 4) is 17.6 Å². The monoisotopic (exact) mass is 378 g/mol. The van der Waals surface area contributed by atoms with Gasteiger partial charge in [-0.2, -0.15) is 0 Å². The summed E-state index contributed by atoms with van der Waals surface area (Å²) in [7, 11) is 0. The highest BCUT2D eigenvalue weighted by Gasteiger charge is 2.13. The third kappa shape index (κ3) is 8.84. The van der Waals surface area contributed by atoms with E-state index in [4.69, 9.17) is 4.74 Å². The minimum Gasteiger partial charge on any atom is -0.490 e. The zero-order chi connectivity index (χ0) is 17.4. The number of halogens is 1. The summed E-state index contributed by atoms with van der Waals surface area (Å²) >= 11 is 0. The van der Waals surface area contributed by atoms with Crippen LogP contribution >= 0.6 is 12.4 Å². The molecule has 6 heteroatoms. The molecule has 1 atom stereocenters. The number of rotatable bonds is 5. The molecule has 142 valence electrons. The molecule has 0 spiro atoms. The van der Waals surface area contributed by atoms with E-state index in [0.29, 0.717) is 12.3 Å². The van der Waals surface area contributed by atoms with E-state index >= 15 is 0 Å². The third-order valence-electron chi connectivity index (χ3n) is 3.19. The van der Waals surface area contributed by atoms with Gasteiger partial charge < -0.3 is 20.6 Å². The van der Waals surface area contributed by atoms with Crippen LogP contribution in [0.15, 0.2) is 48.8 Å². The second kappa shape index (κ2) is 11.5. The number of benzene rings is 1. The van der Waals surface area contributed by atoms with Crippen molar-refractivity contribution < 1.29 is 15.3 Å². The Morgan fingerprint density at radius 3 is 2.54 bits per heavy atom. The van der Waals surface area contributed by atoms with Crippen molar-refractivity contribution in [2.24, 2.45) is 0 Å². The topological polar surface area (TPSA) is 85.9 Å². The Hall–Kier alpha value is -2.10. The number of nitrogens with zero attached hydrogens (tertiary/aromatic N) is 1. The number of β-amino-alcohol motifs (C(OH)–C–C–N with tert-alkyl or cyclic N) is 1. The molecule has 0 saturated carbocycles. The van der Waals surface area contributed by atoms with Gasteiger partial charge >= 0.3 is 0 Å². The van der Waals surface area contributed by atoms with Crippen LogP contribution in [-0.2, 0) is 0 Å². The van der Waals surface area contributed by atoms with E-state index in [2.05, 4.69) is 42.9 Å². The molecule has 0 amide bonds. The van der Waals surface area contributed by atoms with Crippen LogP contribution in [-0.4, -0.2) is 40.4 Å². The van der Waals surface area contributed by atoms with Crippen molar-refractivity contribution in [1.82, 2.24) is 10.3 Å². The second-order valence-corrected chi connectivity index (χ2v) is 6.58. The van der Waals surface area contributed by atoms with Crippen molar-refractivity contribution in [1.29, 1.82) is 0 Å². The first-order valence-electron chi connectivity index (χ1n) is 8.01. The van der Waals surface area contributed by atoms with Crippen LogP contribution in [0.2, 0.25) is 0 Å². The molecule has 0 fully saturated rings. The lowest BCUT2D eigenvalue weighted by Crippen LogP contribution is -2.42. The van der Waals surface area contributed by atoms with Crippen molar-refractivity contribution in [3.63, 3.8) is 0 Å². The summed E-state index contributed by atoms with van der Waals surface area (Å²) in [5.41, 5.74) is 1.60. The molecular weight excluding hydrogens is 352 g/mol. The Bertz CT molecular complexity index is 706. The first-order chi connectivity index (χ1) is 11.4. The van der Waals surface area contributed by atoms with Crippen molar-refractivity contribution >= 4 is 12.4 Å². The fraction of sp³-hybridized carbons (Fsp3) is 0.350. The van der Waals surface area contributed by atoms with E-state index in [1.807, 2.05) is 36.4 Å². The highest BCUT2D eigenvalue weighted by atomic mass is 35.5. The number of ether oxygens (including phenoxy) is 1. The Morgan fingerprint density at radius 2 is 1.88 bits per heavy atom. The van der Waals surface area contributed by atoms with Crippen LogP contribution < -0.4 is 10.1 Å². The first kappa shape index (κ1) is 23.9. The largest absolute Gasteiger partial charge is 0.490 e. The van der Waals surface area contributed by atoms with Crippen LogP contribution in [0, 0.1) is 11.8 Å². The number of hydrogen-bond acceptors (Lipinski definition) is 4. The smallest absolute Gasteiger partial charge is 0.135 e. The first-order valence-corrected chi connectivity index (χ1v) is 8.01. The van der Waals surface area contributed by atoms with E-state index in [-0.39, 0.29) is 30.0 Å². The van der Waals surface area contributed by atoms with Gasteiger partial charge in [-0.1, -0.05) is 24.0 Å². The molecule has 0 aliphatic heterocycles. The Labute approximate surface area is 161 Å². The fourth-order valence-electron chi connectivity index (χ4n) is 1.94. The molecule has 0 radical (unpaired) electrons. The molecule has 2 rings (SSSR count). The van der Waals surface area contributed by atoms with Gasteiger partial charge in [-0.25, -0.2) is 0 Å². The fourth-order valence-corrected chi connectivity index (χ4v) is 1.94. The number of aromatic nitrogens is 1. The molecule has 4 N–H and O–H groups in total. The number of hydrogen-bond donors (Lipinski definition) is 2. The van der Waals surface area contributed by atoms with E-state index in [0.717, 1.165) is 11.1 Å². The van der Waals surface area contributed by atoms with E-state index in [9.17, 15) is 5.11 Å². The maximum absolute atomic E-state index is 10.0. The van der Waals surface area contributed by atoms with Crippen LogP contribution in [0.5, 0.6) is 5.75 Å². The van der Waals surface area contributed by atoms with Gasteiger partial charge in [0.1, 0.15) is 18.5 Å². The molecule has 1 heterocycles. The van der Waals surface area contributed by atoms with Gasteiger partial charge in [-0.05, 0) is 45.0 Å². The maximum atomic E-state index is 10.0. The van der Waals surface area contributed by atoms with Gasteiger partial charge in [-0.15, -0.1) is 12.4 Å². The minimum atomic E-state index is -0.580. The van der Waals surface area contributed by atoms with Crippen LogP contribution in [0.25, 0.3) is 0 Å². The van der Waals surface area contributed by atoms with Crippen molar-refractivity contribution in [2.45, 2.75) is 32.4 Å². The average molecular weight is 379 g/mol. The Morgan fingerprint density at radius 1 is 1.15 bits per heavy atom. The summed E-state index contributed by atoms with van der Waals surface area (Å²) in [5, 5.41) is 13.3. The van der Waals surface area contributed by atoms with Gasteiger partial charge in [0.25, 0.3) is 0 Å². The summed E-state index contributed by atoms with van der Waals surface area (Å²) < 4.78 is 5.74. The zero-order valence-corrected chi connectivity index (χ0v) is 16.1. The number of pyridine rings is 1. The number of para-hydroxylation sites is 1. The molecular formula is C20H27ClN2O3. The minimum absolute atomic E-state index is 0. The Balaban J connectivity index is 0.00000312. The molecule has 2 aromatic rings. The zero-order valence-electron chi connectivity index (χ0n) is 15.3. The molecule has 5 nitrogen and oxygen atoms in total. The number of aliphatic hydroxyl groups is 1. The molecule has 0 aliphatic rings. The quantitative estimate of drug-likeness (QED) is 0.781. The molecule has 0 aliphatic carbocycles. The normalized spacial score (nSPS) is 11.2. The lowest BCUT2D eigenvalue weighted by atomic mass is 10.1. The maximum Gasteiger partial charge on any atom is 0.135 e. The lowest BCUT2D eigenvalue weighted by molar-refractivity contribution is 0.0999. The van der Waals surface area contributed by atoms with Gasteiger partial charge in [0.05, 0.1) is 5.56 Å². The highest BCUT2D eigenvalue weighted by Crippen LogP contribution is 2.17. The van der Waals surface area contributed by atoms with Gasteiger partial charge in [0.15, 0.2) is 0 Å². The molecule has 26 heavy (non-hydrogen) atoms. The van der Waals surface area contributed by atoms with Crippen molar-refractivity contribution in [3.05, 3.63) is 59.9 Å². The molecule has 1 aromatic carbocycles. The lowest BCUT2D eigenvalue weighted by Gasteiger charge is -2.23. The van der Waals surface area contributed by atoms with Crippen LogP contribution in [0.4, 0.5) is 0 Å². The average Bonchev–Trinajstić information content (AvgIpc) is 2.57. The second-order valence-electron chi connectivity index (χ2n) is 6.58. The number of nitrogens with one attached hydrogen (secondary N) is 1. The highest BCUT2D eigenvalue weighted by molar-refractivity contribution is 5.85. The summed E-state index contributed by atoms with van der Waals surface area (Å²) in [6.07, 6.45) is 2.86. The van der Waals surface area contributed by atoms with Gasteiger partial charge in [0.2, 0.25) is 0 Å². The van der Waals surface area contributed by atoms with E-state index in [1.165, 1.54) is 0 Å². The van der Waals surface area contributed by atoms with E-state index in [1.54, 1.807) is 12.4 Å². The van der Waals surface area contributed by atoms with Crippen LogP contribution in [0.3, 0.4) is 0 Å². The van der Waals surface area contributed by atoms with Gasteiger partial charge in [0, 0.05) is 30.0 Å². The predicted molar refractivity (Wildman–Crippen MR) is 107 cm³/mol. The summed E-state index contributed by atoms with van der Waals surface area (Å²) in [6, 6.07) is 11.3. The third-order valence-corrected chi connectivity index (χ3v) is 3.19. The summed E-state index contributed by atoms with van der Waals surface area (Å²) in [6.45, 7) is 6.87. The predicted octanol–water partition coefficient (Wildman–Crippen LogP) is 2.21. The number of aliphatic hydroxyl groups excluding tert-OH is 1. The molecule has 1 unspecified atom stereocenters. The van der Waals surface area contributed by atoms with E-state index < -0.39 is 6.10 Å². The van der Waals surface area contributed by atoms with Crippen LogP contribution in [0.1, 0.15) is 31.9 Å². The Kier molecular flexibility index (Phi) is 10.6. The standard InChI is InChI=1S/C20H24N2O2.ClH.H2O/c1-20(2,3)22-14-18(23)15-24-19-9-5-4-8-17(19)11-10-16-7-6-12-21-13-16;;/h4-9,12-13,18,22-23H,14-15H2,1-3H3;1H;1H2. The SMILES string of the molecule is CC(C)(C)NCC(O)COc1ccccc1C#Cc1cccnc1.Cl.O.